The van der Waals surface area contributed by atoms with Gasteiger partial charge in [0.15, 0.2) is 0 Å². The quantitative estimate of drug-likeness (QED) is 0.827. The van der Waals surface area contributed by atoms with Gasteiger partial charge >= 0.3 is 0 Å². The van der Waals surface area contributed by atoms with Crippen LogP contribution in [0.1, 0.15) is 18.2 Å². The number of rotatable bonds is 3. The summed E-state index contributed by atoms with van der Waals surface area (Å²) in [6, 6.07) is 0. The fraction of sp³-hybridized carbons (Fsp3) is 0.700. The first-order valence-electron chi connectivity index (χ1n) is 4.86. The van der Waals surface area contributed by atoms with E-state index in [1.807, 2.05) is 13.1 Å². The lowest BCUT2D eigenvalue weighted by Crippen LogP contribution is -2.37. The van der Waals surface area contributed by atoms with Gasteiger partial charge in [-0.1, -0.05) is 0 Å². The maximum absolute atomic E-state index is 10.3. The first kappa shape index (κ1) is 10.1. The van der Waals surface area contributed by atoms with Crippen molar-refractivity contribution in [2.24, 2.45) is 5.92 Å². The van der Waals surface area contributed by atoms with Gasteiger partial charge in [0, 0.05) is 30.0 Å². The summed E-state index contributed by atoms with van der Waals surface area (Å²) in [6.45, 7) is 3.36. The molecule has 0 spiro atoms. The molecule has 0 radical (unpaired) electrons. The van der Waals surface area contributed by atoms with Crippen molar-refractivity contribution in [2.45, 2.75) is 25.4 Å². The lowest BCUT2D eigenvalue weighted by molar-refractivity contribution is -0.00392. The molecule has 0 aliphatic carbocycles. The monoisotopic (exact) mass is 213 g/mol. The highest BCUT2D eigenvalue weighted by Crippen LogP contribution is 2.29. The summed E-state index contributed by atoms with van der Waals surface area (Å²) in [6.07, 6.45) is 3.48. The van der Waals surface area contributed by atoms with Gasteiger partial charge in [-0.25, -0.2) is 0 Å². The van der Waals surface area contributed by atoms with Crippen LogP contribution in [-0.4, -0.2) is 28.9 Å². The molecule has 0 aromatic carbocycles. The van der Waals surface area contributed by atoms with Gasteiger partial charge in [-0.3, -0.25) is 4.98 Å². The predicted molar refractivity (Wildman–Crippen MR) is 55.4 cm³/mol. The average Bonchev–Trinajstić information content (AvgIpc) is 2.71. The van der Waals surface area contributed by atoms with E-state index in [0.717, 1.165) is 17.9 Å². The second-order valence-corrected chi connectivity index (χ2v) is 5.03. The van der Waals surface area contributed by atoms with Crippen LogP contribution in [0.15, 0.2) is 11.7 Å². The molecule has 2 unspecified atom stereocenters. The third-order valence-electron chi connectivity index (χ3n) is 2.82. The van der Waals surface area contributed by atoms with Crippen molar-refractivity contribution < 1.29 is 9.84 Å². The summed E-state index contributed by atoms with van der Waals surface area (Å²) in [5, 5.41) is 10.3. The van der Waals surface area contributed by atoms with Crippen molar-refractivity contribution in [1.29, 1.82) is 0 Å². The lowest BCUT2D eigenvalue weighted by atomic mass is 9.85. The minimum atomic E-state index is -0.650. The molecule has 14 heavy (non-hydrogen) atoms. The second kappa shape index (κ2) is 3.96. The van der Waals surface area contributed by atoms with Gasteiger partial charge in [0.25, 0.3) is 0 Å². The van der Waals surface area contributed by atoms with Gasteiger partial charge in [0.2, 0.25) is 0 Å². The van der Waals surface area contributed by atoms with E-state index in [0.29, 0.717) is 13.0 Å². The molecule has 3 nitrogen and oxygen atoms in total. The Morgan fingerprint density at radius 1 is 1.79 bits per heavy atom. The van der Waals surface area contributed by atoms with E-state index in [4.69, 9.17) is 4.74 Å². The number of thiazole rings is 1. The van der Waals surface area contributed by atoms with E-state index in [-0.39, 0.29) is 5.92 Å². The fourth-order valence-electron chi connectivity index (χ4n) is 1.85. The van der Waals surface area contributed by atoms with Crippen LogP contribution in [0.4, 0.5) is 0 Å². The topological polar surface area (TPSA) is 42.4 Å². The highest BCUT2D eigenvalue weighted by atomic mass is 32.1. The van der Waals surface area contributed by atoms with Crippen molar-refractivity contribution in [3.05, 3.63) is 16.6 Å². The Morgan fingerprint density at radius 2 is 2.64 bits per heavy atom. The molecule has 1 aromatic heterocycles. The summed E-state index contributed by atoms with van der Waals surface area (Å²) < 4.78 is 5.29. The number of aliphatic hydroxyl groups is 1. The van der Waals surface area contributed by atoms with Crippen molar-refractivity contribution in [1.82, 2.24) is 4.98 Å². The predicted octanol–water partition coefficient (Wildman–Crippen LogP) is 1.47. The van der Waals surface area contributed by atoms with Crippen LogP contribution in [0.2, 0.25) is 0 Å². The Hall–Kier alpha value is -0.450. The molecular weight excluding hydrogens is 198 g/mol. The van der Waals surface area contributed by atoms with Crippen molar-refractivity contribution in [2.75, 3.05) is 13.2 Å². The minimum absolute atomic E-state index is 0.268. The standard InChI is InChI=1S/C10H15NO2S/c1-10(12,8-2-3-13-6-8)4-9-5-11-7-14-9/h5,7-8,12H,2-4,6H2,1H3. The molecule has 0 amide bonds. The van der Waals surface area contributed by atoms with Gasteiger partial charge in [-0.15, -0.1) is 11.3 Å². The van der Waals surface area contributed by atoms with E-state index >= 15 is 0 Å². The van der Waals surface area contributed by atoms with E-state index in [1.165, 1.54) is 0 Å². The maximum Gasteiger partial charge on any atom is 0.0794 e. The number of nitrogens with zero attached hydrogens (tertiary/aromatic N) is 1. The van der Waals surface area contributed by atoms with Gasteiger partial charge in [0.1, 0.15) is 0 Å². The second-order valence-electron chi connectivity index (χ2n) is 4.06. The van der Waals surface area contributed by atoms with Gasteiger partial charge in [0.05, 0.1) is 17.7 Å². The zero-order chi connectivity index (χ0) is 10.0. The molecule has 1 saturated heterocycles. The average molecular weight is 213 g/mol. The molecule has 1 N–H and O–H groups in total. The molecule has 1 aromatic rings. The van der Waals surface area contributed by atoms with Crippen LogP contribution in [0.3, 0.4) is 0 Å². The van der Waals surface area contributed by atoms with Crippen LogP contribution in [0, 0.1) is 5.92 Å². The fourth-order valence-corrected chi connectivity index (χ4v) is 2.61. The Morgan fingerprint density at radius 3 is 3.21 bits per heavy atom. The lowest BCUT2D eigenvalue weighted by Gasteiger charge is -2.28. The summed E-state index contributed by atoms with van der Waals surface area (Å²) in [7, 11) is 0. The number of aromatic nitrogens is 1. The zero-order valence-corrected chi connectivity index (χ0v) is 9.09. The van der Waals surface area contributed by atoms with Crippen LogP contribution in [0.25, 0.3) is 0 Å². The largest absolute Gasteiger partial charge is 0.389 e. The molecule has 1 fully saturated rings. The van der Waals surface area contributed by atoms with Gasteiger partial charge in [-0.2, -0.15) is 0 Å². The van der Waals surface area contributed by atoms with Crippen molar-refractivity contribution in [3.63, 3.8) is 0 Å². The number of hydrogen-bond donors (Lipinski definition) is 1. The zero-order valence-electron chi connectivity index (χ0n) is 8.27. The van der Waals surface area contributed by atoms with Crippen LogP contribution in [0.5, 0.6) is 0 Å². The summed E-state index contributed by atoms with van der Waals surface area (Å²) in [4.78, 5) is 5.15. The van der Waals surface area contributed by atoms with E-state index in [9.17, 15) is 5.11 Å². The third kappa shape index (κ3) is 2.13. The molecule has 2 atom stereocenters. The number of hydrogen-bond acceptors (Lipinski definition) is 4. The molecule has 4 heteroatoms. The van der Waals surface area contributed by atoms with Crippen LogP contribution < -0.4 is 0 Å². The third-order valence-corrected chi connectivity index (χ3v) is 3.60. The van der Waals surface area contributed by atoms with E-state index in [2.05, 4.69) is 4.98 Å². The molecule has 1 aliphatic rings. The Kier molecular flexibility index (Phi) is 2.85. The first-order valence-corrected chi connectivity index (χ1v) is 5.74. The summed E-state index contributed by atoms with van der Waals surface area (Å²) in [5.41, 5.74) is 1.15. The Labute approximate surface area is 87.7 Å². The van der Waals surface area contributed by atoms with Crippen molar-refractivity contribution in [3.8, 4) is 0 Å². The molecule has 0 bridgehead atoms. The molecule has 2 heterocycles. The Bertz CT molecular complexity index is 278. The molecular formula is C10H15NO2S. The molecule has 78 valence electrons. The van der Waals surface area contributed by atoms with E-state index < -0.39 is 5.60 Å². The Balaban J connectivity index is 2.00. The van der Waals surface area contributed by atoms with Crippen molar-refractivity contribution >= 4 is 11.3 Å². The van der Waals surface area contributed by atoms with Gasteiger partial charge < -0.3 is 9.84 Å². The number of ether oxygens (including phenoxy) is 1. The van der Waals surface area contributed by atoms with Crippen LogP contribution >= 0.6 is 11.3 Å². The maximum atomic E-state index is 10.3. The normalized spacial score (nSPS) is 26.3. The SMILES string of the molecule is CC(O)(Cc1cncs1)C1CCOC1. The van der Waals surface area contributed by atoms with Crippen LogP contribution in [-0.2, 0) is 11.2 Å². The first-order chi connectivity index (χ1) is 6.68. The highest BCUT2D eigenvalue weighted by molar-refractivity contribution is 7.09. The summed E-state index contributed by atoms with van der Waals surface area (Å²) in [5.74, 6) is 0.268. The van der Waals surface area contributed by atoms with E-state index in [1.54, 1.807) is 16.8 Å². The van der Waals surface area contributed by atoms with Gasteiger partial charge in [-0.05, 0) is 13.3 Å². The summed E-state index contributed by atoms with van der Waals surface area (Å²) >= 11 is 1.60. The smallest absolute Gasteiger partial charge is 0.0794 e. The molecule has 1 aliphatic heterocycles. The minimum Gasteiger partial charge on any atom is -0.389 e. The molecule has 0 saturated carbocycles. The molecule has 2 rings (SSSR count). The highest BCUT2D eigenvalue weighted by Gasteiger charge is 2.35.